The van der Waals surface area contributed by atoms with Gasteiger partial charge < -0.3 is 15.5 Å². The monoisotopic (exact) mass is 555 g/mol. The molecule has 0 saturated carbocycles. The Morgan fingerprint density at radius 1 is 1.08 bits per heavy atom. The third-order valence-corrected chi connectivity index (χ3v) is 6.98. The highest BCUT2D eigenvalue weighted by Crippen LogP contribution is 2.30. The molecule has 2 aromatic carbocycles. The number of carboxylic acid groups (broad SMARTS) is 1. The molecule has 3 aromatic rings. The highest BCUT2D eigenvalue weighted by atomic mass is 35.5. The molecule has 200 valence electrons. The Labute approximate surface area is 232 Å². The molecule has 4 rings (SSSR count). The lowest BCUT2D eigenvalue weighted by molar-refractivity contribution is -0.140. The van der Waals surface area contributed by atoms with Gasteiger partial charge in [0.2, 0.25) is 0 Å². The number of aromatic nitrogens is 1. The lowest BCUT2D eigenvalue weighted by Gasteiger charge is -2.25. The maximum atomic E-state index is 11.9. The molecule has 1 aliphatic rings. The van der Waals surface area contributed by atoms with Crippen LogP contribution in [-0.2, 0) is 11.2 Å². The quantitative estimate of drug-likeness (QED) is 0.181. The van der Waals surface area contributed by atoms with Crippen molar-refractivity contribution >= 4 is 40.7 Å². The van der Waals surface area contributed by atoms with Crippen molar-refractivity contribution in [1.82, 2.24) is 15.3 Å². The number of rotatable bonds is 12. The van der Waals surface area contributed by atoms with Crippen LogP contribution < -0.4 is 15.6 Å². The van der Waals surface area contributed by atoms with Crippen molar-refractivity contribution < 1.29 is 15.0 Å². The van der Waals surface area contributed by atoms with Gasteiger partial charge >= 0.3 is 5.97 Å². The minimum absolute atomic E-state index is 0.176. The van der Waals surface area contributed by atoms with Gasteiger partial charge in [0.15, 0.2) is 0 Å². The Balaban J connectivity index is 1.33. The molecule has 0 radical (unpaired) electrons. The number of carbonyl (C=O) groups is 1. The van der Waals surface area contributed by atoms with Crippen LogP contribution in [0.25, 0.3) is 0 Å². The topological polar surface area (TPSA) is 101 Å². The van der Waals surface area contributed by atoms with Crippen molar-refractivity contribution in [3.63, 3.8) is 0 Å². The number of nitrogens with zero attached hydrogens (tertiary/aromatic N) is 3. The van der Waals surface area contributed by atoms with Gasteiger partial charge in [-0.15, -0.1) is 0 Å². The summed E-state index contributed by atoms with van der Waals surface area (Å²) in [6, 6.07) is 17.4. The zero-order valence-electron chi connectivity index (χ0n) is 21.0. The number of carboxylic acids is 1. The van der Waals surface area contributed by atoms with Crippen molar-refractivity contribution in [2.24, 2.45) is 0 Å². The van der Waals surface area contributed by atoms with Crippen LogP contribution >= 0.6 is 23.2 Å². The number of hydrazine groups is 1. The highest BCUT2D eigenvalue weighted by Gasteiger charge is 2.25. The largest absolute Gasteiger partial charge is 0.480 e. The average molecular weight is 556 g/mol. The molecule has 1 aromatic heterocycles. The van der Waals surface area contributed by atoms with E-state index in [1.165, 1.54) is 5.57 Å². The number of pyridine rings is 1. The molecule has 2 heterocycles. The minimum Gasteiger partial charge on any atom is -0.480 e. The lowest BCUT2D eigenvalue weighted by atomic mass is 10.0. The molecule has 38 heavy (non-hydrogen) atoms. The fourth-order valence-electron chi connectivity index (χ4n) is 4.38. The first-order valence-corrected chi connectivity index (χ1v) is 13.1. The van der Waals surface area contributed by atoms with E-state index in [1.54, 1.807) is 24.4 Å². The molecule has 4 N–H and O–H groups in total. The van der Waals surface area contributed by atoms with Crippen LogP contribution in [0.5, 0.6) is 0 Å². The number of hydrogen-bond acceptors (Lipinski definition) is 7. The zero-order chi connectivity index (χ0) is 27.1. The lowest BCUT2D eigenvalue weighted by Crippen LogP contribution is -2.41. The first-order chi connectivity index (χ1) is 18.3. The van der Waals surface area contributed by atoms with Crippen molar-refractivity contribution in [2.45, 2.75) is 31.5 Å². The van der Waals surface area contributed by atoms with Crippen molar-refractivity contribution in [3.05, 3.63) is 99.8 Å². The summed E-state index contributed by atoms with van der Waals surface area (Å²) in [5, 5.41) is 31.2. The number of aliphatic carboxylic acids is 1. The van der Waals surface area contributed by atoms with Gasteiger partial charge in [-0.1, -0.05) is 47.5 Å². The van der Waals surface area contributed by atoms with Crippen LogP contribution in [0.15, 0.2) is 78.6 Å². The molecule has 1 aliphatic heterocycles. The van der Waals surface area contributed by atoms with Gasteiger partial charge in [-0.05, 0) is 66.8 Å². The van der Waals surface area contributed by atoms with E-state index in [2.05, 4.69) is 31.8 Å². The van der Waals surface area contributed by atoms with Gasteiger partial charge in [0.05, 0.1) is 5.69 Å². The third-order valence-electron chi connectivity index (χ3n) is 6.32. The van der Waals surface area contributed by atoms with Crippen LogP contribution in [0.3, 0.4) is 0 Å². The van der Waals surface area contributed by atoms with E-state index in [-0.39, 0.29) is 22.0 Å². The molecular weight excluding hydrogens is 525 g/mol. The average Bonchev–Trinajstić information content (AvgIpc) is 3.27. The number of anilines is 2. The summed E-state index contributed by atoms with van der Waals surface area (Å²) in [6.45, 7) is 1.70. The van der Waals surface area contributed by atoms with Crippen LogP contribution in [0, 0.1) is 0 Å². The molecule has 1 unspecified atom stereocenters. The Morgan fingerprint density at radius 2 is 1.82 bits per heavy atom. The number of benzene rings is 2. The summed E-state index contributed by atoms with van der Waals surface area (Å²) in [6.07, 6.45) is 4.76. The summed E-state index contributed by atoms with van der Waals surface area (Å²) >= 11 is 12.3. The summed E-state index contributed by atoms with van der Waals surface area (Å²) in [5.74, 6) is -0.199. The first kappa shape index (κ1) is 27.9. The maximum Gasteiger partial charge on any atom is 0.321 e. The number of aliphatic hydroxyl groups excluding tert-OH is 1. The molecule has 10 heteroatoms. The minimum atomic E-state index is -1.32. The number of halogens is 2. The van der Waals surface area contributed by atoms with Crippen molar-refractivity contribution in [3.8, 4) is 0 Å². The summed E-state index contributed by atoms with van der Waals surface area (Å²) in [5.41, 5.74) is 3.39. The third kappa shape index (κ3) is 7.24. The molecule has 0 aliphatic carbocycles. The second kappa shape index (κ2) is 13.1. The SMILES string of the molecule is CN1CC(CCCNc2ccccn2)=CN1c1ccc(C[C@H](NC(O)c2c(Cl)cccc2Cl)C(=O)O)cc1. The van der Waals surface area contributed by atoms with E-state index in [0.29, 0.717) is 0 Å². The van der Waals surface area contributed by atoms with Gasteiger partial charge in [0.25, 0.3) is 0 Å². The van der Waals surface area contributed by atoms with E-state index in [4.69, 9.17) is 23.2 Å². The van der Waals surface area contributed by atoms with Gasteiger partial charge in [-0.3, -0.25) is 15.1 Å². The fraction of sp³-hybridized carbons (Fsp3) is 0.286. The predicted molar refractivity (Wildman–Crippen MR) is 151 cm³/mol. The second-order valence-electron chi connectivity index (χ2n) is 9.16. The molecule has 0 saturated heterocycles. The number of aliphatic hydroxyl groups is 1. The number of hydrogen-bond donors (Lipinski definition) is 4. The van der Waals surface area contributed by atoms with Gasteiger partial charge in [0, 0.05) is 48.1 Å². The summed E-state index contributed by atoms with van der Waals surface area (Å²) in [7, 11) is 2.04. The van der Waals surface area contributed by atoms with E-state index < -0.39 is 18.2 Å². The van der Waals surface area contributed by atoms with Crippen LogP contribution in [-0.4, -0.2) is 52.4 Å². The Hall–Kier alpha value is -3.14. The highest BCUT2D eigenvalue weighted by molar-refractivity contribution is 6.36. The van der Waals surface area contributed by atoms with E-state index in [1.807, 2.05) is 49.5 Å². The van der Waals surface area contributed by atoms with Crippen LogP contribution in [0.4, 0.5) is 11.5 Å². The van der Waals surface area contributed by atoms with E-state index >= 15 is 0 Å². The Kier molecular flexibility index (Phi) is 9.60. The molecule has 0 amide bonds. The maximum absolute atomic E-state index is 11.9. The summed E-state index contributed by atoms with van der Waals surface area (Å²) in [4.78, 5) is 16.2. The molecule has 0 fully saturated rings. The van der Waals surface area contributed by atoms with Crippen LogP contribution in [0.1, 0.15) is 30.2 Å². The van der Waals surface area contributed by atoms with Gasteiger partial charge in [0.1, 0.15) is 18.1 Å². The smallest absolute Gasteiger partial charge is 0.321 e. The van der Waals surface area contributed by atoms with Gasteiger partial charge in [-0.2, -0.15) is 0 Å². The predicted octanol–water partition coefficient (Wildman–Crippen LogP) is 5.11. The van der Waals surface area contributed by atoms with Gasteiger partial charge in [-0.25, -0.2) is 9.99 Å². The first-order valence-electron chi connectivity index (χ1n) is 12.4. The standard InChI is InChI=1S/C28H31Cl2N5O3/c1-34-17-20(6-5-15-32-25-9-2-3-14-31-25)18-35(34)21-12-10-19(11-13-21)16-24(28(37)38)33-27(36)26-22(29)7-4-8-23(26)30/h2-4,7-14,18,24,27,33,36H,5-6,15-17H2,1H3,(H,31,32)(H,37,38)/t24-,27?/m0/s1. The fourth-order valence-corrected chi connectivity index (χ4v) is 4.98. The van der Waals surface area contributed by atoms with E-state index in [0.717, 1.165) is 43.0 Å². The van der Waals surface area contributed by atoms with E-state index in [9.17, 15) is 15.0 Å². The molecule has 0 spiro atoms. The number of likely N-dealkylation sites (N-methyl/N-ethyl adjacent to an activating group) is 1. The number of nitrogens with one attached hydrogen (secondary N) is 2. The second-order valence-corrected chi connectivity index (χ2v) is 9.97. The molecule has 2 atom stereocenters. The summed E-state index contributed by atoms with van der Waals surface area (Å²) < 4.78 is 0. The van der Waals surface area contributed by atoms with Crippen molar-refractivity contribution in [1.29, 1.82) is 0 Å². The van der Waals surface area contributed by atoms with Crippen LogP contribution in [0.2, 0.25) is 10.0 Å². The molecule has 8 nitrogen and oxygen atoms in total. The Bertz CT molecular complexity index is 1240. The zero-order valence-corrected chi connectivity index (χ0v) is 22.5. The Morgan fingerprint density at radius 3 is 2.47 bits per heavy atom. The normalized spacial score (nSPS) is 15.3. The van der Waals surface area contributed by atoms with Crippen molar-refractivity contribution in [2.75, 3.05) is 30.5 Å². The molecule has 0 bridgehead atoms. The molecular formula is C28H31Cl2N5O3.